The first-order valence-corrected chi connectivity index (χ1v) is 27.7. The molecule has 24 heteroatoms. The molecule has 0 aromatic rings. The number of aliphatic hydroxyl groups excluding tert-OH is 12. The second kappa shape index (κ2) is 22.6. The lowest BCUT2D eigenvalue weighted by molar-refractivity contribution is -0.392. The molecule has 79 heavy (non-hydrogen) atoms. The Kier molecular flexibility index (Phi) is 17.8. The van der Waals surface area contributed by atoms with Crippen molar-refractivity contribution in [3.05, 3.63) is 23.3 Å². The van der Waals surface area contributed by atoms with Crippen LogP contribution >= 0.6 is 0 Å². The summed E-state index contributed by atoms with van der Waals surface area (Å²) in [4.78, 5) is 39.5. The third-order valence-electron chi connectivity index (χ3n) is 21.1. The summed E-state index contributed by atoms with van der Waals surface area (Å²) in [7, 11) is 0. The van der Waals surface area contributed by atoms with Gasteiger partial charge in [0.05, 0.1) is 44.1 Å². The van der Waals surface area contributed by atoms with Gasteiger partial charge >= 0.3 is 17.9 Å². The number of carbonyl (C=O) groups is 3. The van der Waals surface area contributed by atoms with Crippen molar-refractivity contribution >= 4 is 17.9 Å². The van der Waals surface area contributed by atoms with E-state index in [4.69, 9.17) is 37.9 Å². The Morgan fingerprint density at radius 1 is 0.658 bits per heavy atom. The van der Waals surface area contributed by atoms with E-state index in [0.717, 1.165) is 5.57 Å². The molecule has 450 valence electrons. The number of rotatable bonds is 14. The maximum atomic E-state index is 13.4. The monoisotopic (exact) mass is 1130 g/mol. The van der Waals surface area contributed by atoms with Crippen LogP contribution in [0, 0.1) is 50.2 Å². The molecule has 3 saturated heterocycles. The highest BCUT2D eigenvalue weighted by Gasteiger charge is 2.74. The van der Waals surface area contributed by atoms with Crippen molar-refractivity contribution in [1.82, 2.24) is 0 Å². The topological polar surface area (TPSA) is 388 Å². The first kappa shape index (κ1) is 62.2. The molecule has 5 aliphatic carbocycles. The number of ether oxygens (including phenoxy) is 8. The van der Waals surface area contributed by atoms with E-state index >= 15 is 0 Å². The minimum Gasteiger partial charge on any atom is -0.479 e. The van der Waals surface area contributed by atoms with E-state index in [1.807, 2.05) is 20.8 Å². The molecule has 0 bridgehead atoms. The van der Waals surface area contributed by atoms with E-state index in [1.165, 1.54) is 6.92 Å². The maximum Gasteiger partial charge on any atom is 0.335 e. The number of carbonyl (C=O) groups excluding carboxylic acids is 2. The van der Waals surface area contributed by atoms with E-state index in [2.05, 4.69) is 26.8 Å². The summed E-state index contributed by atoms with van der Waals surface area (Å²) < 4.78 is 48.2. The van der Waals surface area contributed by atoms with Crippen LogP contribution in [0.1, 0.15) is 107 Å². The molecule has 8 rings (SSSR count). The van der Waals surface area contributed by atoms with Crippen LogP contribution in [-0.2, 0) is 52.3 Å². The summed E-state index contributed by atoms with van der Waals surface area (Å²) in [6.07, 6.45) is -26.5. The Hall–Kier alpha value is -2.83. The molecular weight excluding hydrogens is 1040 g/mol. The predicted octanol–water partition coefficient (Wildman–Crippen LogP) is -1.32. The number of fused-ring (bicyclic) bond motifs is 7. The number of carboxylic acid groups (broad SMARTS) is 1. The lowest BCUT2D eigenvalue weighted by Gasteiger charge is -2.72. The number of allylic oxidation sites excluding steroid dienone is 3. The van der Waals surface area contributed by atoms with Crippen LogP contribution in [-0.4, -0.2) is 227 Å². The van der Waals surface area contributed by atoms with Gasteiger partial charge in [-0.3, -0.25) is 4.79 Å². The fourth-order valence-electron chi connectivity index (χ4n) is 16.2. The zero-order chi connectivity index (χ0) is 58.4. The van der Waals surface area contributed by atoms with E-state index < -0.39 is 199 Å². The standard InChI is InChI=1S/C55H86O24/c1-10-23(2)46(71)79-43-44(72-24(3)60)55(22-59)26(17-50(43,4)5)25-11-12-30-51(6)15-14-32(52(7,21-58)29(51)13-16-53(30,8)54(25,9)18-31(55)61)75-49-41(77-48-38(67)36(65)34(63)28(20-57)74-48)39(68)40(42(78-49)45(69)70)76-47-37(66)35(64)33(62)27(19-56)73-47/h10-11,26-44,47-49,56-59,61-68H,12-22H2,1-9H3,(H,69,70)/b23-10-/t26?,27-,28-,29?,30?,31-,32+,33-,34-,35+,36+,37-,38-,39+,40+,41-,42+,43-,44+,47+,48+,49-,51+,52-,53-,54-,55+/m1/s1. The Bertz CT molecular complexity index is 2290. The molecule has 0 amide bonds. The van der Waals surface area contributed by atoms with E-state index in [1.54, 1.807) is 19.9 Å². The molecule has 7 fully saturated rings. The van der Waals surface area contributed by atoms with Crippen LogP contribution in [0.2, 0.25) is 0 Å². The van der Waals surface area contributed by atoms with Gasteiger partial charge in [-0.2, -0.15) is 0 Å². The third kappa shape index (κ3) is 9.94. The smallest absolute Gasteiger partial charge is 0.335 e. The predicted molar refractivity (Wildman–Crippen MR) is 269 cm³/mol. The lowest BCUT2D eigenvalue weighted by Crippen LogP contribution is -2.72. The number of aliphatic carboxylic acids is 1. The van der Waals surface area contributed by atoms with Crippen molar-refractivity contribution < 1.29 is 119 Å². The lowest BCUT2D eigenvalue weighted by atomic mass is 9.33. The highest BCUT2D eigenvalue weighted by atomic mass is 16.8. The Morgan fingerprint density at radius 3 is 1.76 bits per heavy atom. The number of hydrogen-bond acceptors (Lipinski definition) is 23. The highest BCUT2D eigenvalue weighted by Crippen LogP contribution is 2.76. The van der Waals surface area contributed by atoms with Crippen molar-refractivity contribution in [2.24, 2.45) is 50.2 Å². The summed E-state index contributed by atoms with van der Waals surface area (Å²) in [6, 6.07) is 0. The molecule has 4 saturated carbocycles. The van der Waals surface area contributed by atoms with Crippen LogP contribution in [0.3, 0.4) is 0 Å². The van der Waals surface area contributed by atoms with Crippen molar-refractivity contribution in [2.45, 2.75) is 224 Å². The van der Waals surface area contributed by atoms with Gasteiger partial charge in [0.2, 0.25) is 0 Å². The minimum atomic E-state index is -2.18. The van der Waals surface area contributed by atoms with Gasteiger partial charge in [0.1, 0.15) is 79.4 Å². The van der Waals surface area contributed by atoms with Gasteiger partial charge in [0.25, 0.3) is 0 Å². The van der Waals surface area contributed by atoms with Gasteiger partial charge in [-0.15, -0.1) is 0 Å². The van der Waals surface area contributed by atoms with Gasteiger partial charge in [-0.25, -0.2) is 9.59 Å². The van der Waals surface area contributed by atoms with Gasteiger partial charge in [-0.05, 0) is 92.8 Å². The van der Waals surface area contributed by atoms with Gasteiger partial charge in [0, 0.05) is 23.3 Å². The van der Waals surface area contributed by atoms with E-state index in [0.29, 0.717) is 37.7 Å². The molecule has 13 N–H and O–H groups in total. The second-order valence-electron chi connectivity index (χ2n) is 25.5. The van der Waals surface area contributed by atoms with Gasteiger partial charge in [0.15, 0.2) is 25.0 Å². The largest absolute Gasteiger partial charge is 0.479 e. The molecule has 3 heterocycles. The first-order chi connectivity index (χ1) is 36.9. The van der Waals surface area contributed by atoms with Gasteiger partial charge < -0.3 is 104 Å². The molecule has 0 aromatic heterocycles. The number of esters is 2. The summed E-state index contributed by atoms with van der Waals surface area (Å²) in [5.74, 6) is -3.88. The normalized spacial score (nSPS) is 50.6. The van der Waals surface area contributed by atoms with Crippen LogP contribution in [0.4, 0.5) is 0 Å². The summed E-state index contributed by atoms with van der Waals surface area (Å²) in [6.45, 7) is 14.1. The van der Waals surface area contributed by atoms with E-state index in [9.17, 15) is 80.8 Å². The fraction of sp³-hybridized carbons (Fsp3) is 0.873. The van der Waals surface area contributed by atoms with Crippen molar-refractivity contribution in [1.29, 1.82) is 0 Å². The average Bonchev–Trinajstić information content (AvgIpc) is 3.25. The van der Waals surface area contributed by atoms with Crippen LogP contribution in [0.25, 0.3) is 0 Å². The van der Waals surface area contributed by atoms with Crippen LogP contribution in [0.5, 0.6) is 0 Å². The van der Waals surface area contributed by atoms with Crippen molar-refractivity contribution in [2.75, 3.05) is 26.4 Å². The highest BCUT2D eigenvalue weighted by molar-refractivity contribution is 5.87. The quantitative estimate of drug-likeness (QED) is 0.0415. The molecule has 27 atom stereocenters. The molecule has 8 aliphatic rings. The summed E-state index contributed by atoms with van der Waals surface area (Å²) >= 11 is 0. The zero-order valence-corrected chi connectivity index (χ0v) is 46.4. The zero-order valence-electron chi connectivity index (χ0n) is 46.4. The summed E-state index contributed by atoms with van der Waals surface area (Å²) in [5, 5.41) is 143. The molecule has 0 spiro atoms. The molecule has 3 aliphatic heterocycles. The Balaban J connectivity index is 1.12. The number of aliphatic hydroxyl groups is 12. The Labute approximate surface area is 459 Å². The molecule has 0 radical (unpaired) electrons. The average molecular weight is 1130 g/mol. The molecule has 24 nitrogen and oxygen atoms in total. The van der Waals surface area contributed by atoms with Crippen LogP contribution in [0.15, 0.2) is 23.3 Å². The minimum absolute atomic E-state index is 0.0849. The number of carboxylic acids is 1. The first-order valence-electron chi connectivity index (χ1n) is 27.7. The Morgan fingerprint density at radius 2 is 1.24 bits per heavy atom. The third-order valence-corrected chi connectivity index (χ3v) is 21.1. The van der Waals surface area contributed by atoms with Crippen molar-refractivity contribution in [3.8, 4) is 0 Å². The maximum absolute atomic E-state index is 13.4. The fourth-order valence-corrected chi connectivity index (χ4v) is 16.2. The molecule has 3 unspecified atom stereocenters. The molecule has 0 aromatic carbocycles. The van der Waals surface area contributed by atoms with E-state index in [-0.39, 0.29) is 24.7 Å². The summed E-state index contributed by atoms with van der Waals surface area (Å²) in [5.41, 5.74) is -3.78. The molecular formula is C55H86O24. The van der Waals surface area contributed by atoms with Crippen molar-refractivity contribution in [3.63, 3.8) is 0 Å². The van der Waals surface area contributed by atoms with Gasteiger partial charge in [-0.1, -0.05) is 59.3 Å². The van der Waals surface area contributed by atoms with Crippen LogP contribution < -0.4 is 0 Å². The number of hydrogen-bond donors (Lipinski definition) is 13. The second-order valence-corrected chi connectivity index (χ2v) is 25.5. The SMILES string of the molecule is C/C=C(/C)C(=O)O[C@@H]1[C@H](OC(C)=O)[C@@]2(CO)C(CC1(C)C)C1=CCC3[C@@]4(C)CC[C@H](O[C@@H]5O[C@H](C(=O)O)[C@@H](O[C@@H]6O[C@H](CO)[C@@H](O)[C@H](O)[C@H]6O)[C@H](O)[C@H]5O[C@@H]5O[C@H](CO)[C@@H](O)[C@H](O)[C@H]5O)[C@](C)(CO)C4CC[C@@]3(C)[C@]1(C)C[C@H]2O.